The van der Waals surface area contributed by atoms with Crippen molar-refractivity contribution in [1.29, 1.82) is 0 Å². The van der Waals surface area contributed by atoms with E-state index in [2.05, 4.69) is 10.6 Å². The molecule has 0 saturated carbocycles. The van der Waals surface area contributed by atoms with Crippen molar-refractivity contribution in [2.75, 3.05) is 26.0 Å². The Balaban J connectivity index is 3.11. The first-order valence-electron chi connectivity index (χ1n) is 6.01. The van der Waals surface area contributed by atoms with Crippen LogP contribution in [0.15, 0.2) is 29.8 Å². The van der Waals surface area contributed by atoms with Crippen molar-refractivity contribution >= 4 is 23.6 Å². The molecule has 0 aliphatic carbocycles. The van der Waals surface area contributed by atoms with Gasteiger partial charge in [0.15, 0.2) is 0 Å². The summed E-state index contributed by atoms with van der Waals surface area (Å²) in [6, 6.07) is 7.37. The summed E-state index contributed by atoms with van der Waals surface area (Å²) in [4.78, 5) is 23.4. The third-order valence-electron chi connectivity index (χ3n) is 2.45. The molecular weight excluding hydrogens is 244 g/mol. The average Bonchev–Trinajstić information content (AvgIpc) is 2.44. The van der Waals surface area contributed by atoms with Crippen LogP contribution < -0.4 is 10.6 Å². The molecule has 0 radical (unpaired) electrons. The Kier molecular flexibility index (Phi) is 5.60. The zero-order valence-electron chi connectivity index (χ0n) is 11.3. The molecule has 1 rings (SSSR count). The van der Waals surface area contributed by atoms with Crippen molar-refractivity contribution in [3.05, 3.63) is 35.4 Å². The van der Waals surface area contributed by atoms with Crippen molar-refractivity contribution < 1.29 is 14.3 Å². The lowest BCUT2D eigenvalue weighted by atomic mass is 10.1. The Labute approximate surface area is 112 Å². The second kappa shape index (κ2) is 7.20. The number of rotatable bonds is 5. The molecular formula is C14H18N2O3. The highest BCUT2D eigenvalue weighted by atomic mass is 16.5. The summed E-state index contributed by atoms with van der Waals surface area (Å²) in [5.41, 5.74) is 1.63. The van der Waals surface area contributed by atoms with Gasteiger partial charge >= 0.3 is 5.97 Å². The van der Waals surface area contributed by atoms with Gasteiger partial charge in [0.2, 0.25) is 0 Å². The largest absolute Gasteiger partial charge is 0.462 e. The van der Waals surface area contributed by atoms with Gasteiger partial charge in [0.25, 0.3) is 5.91 Å². The van der Waals surface area contributed by atoms with Crippen LogP contribution in [-0.4, -0.2) is 32.6 Å². The van der Waals surface area contributed by atoms with Gasteiger partial charge < -0.3 is 15.4 Å². The van der Waals surface area contributed by atoms with Crippen LogP contribution in [-0.2, 0) is 14.3 Å². The van der Waals surface area contributed by atoms with Crippen LogP contribution in [0.3, 0.4) is 0 Å². The highest BCUT2D eigenvalue weighted by Gasteiger charge is 2.18. The van der Waals surface area contributed by atoms with Gasteiger partial charge in [-0.15, -0.1) is 0 Å². The Morgan fingerprint density at radius 2 is 2.05 bits per heavy atom. The van der Waals surface area contributed by atoms with Crippen LogP contribution in [0.2, 0.25) is 0 Å². The molecule has 1 amide bonds. The van der Waals surface area contributed by atoms with Gasteiger partial charge in [-0.1, -0.05) is 12.1 Å². The summed E-state index contributed by atoms with van der Waals surface area (Å²) in [6.45, 7) is 1.92. The zero-order valence-corrected chi connectivity index (χ0v) is 11.3. The van der Waals surface area contributed by atoms with E-state index in [-0.39, 0.29) is 12.2 Å². The van der Waals surface area contributed by atoms with E-state index in [1.807, 2.05) is 24.3 Å². The molecule has 102 valence electrons. The molecule has 0 fully saturated rings. The molecule has 5 heteroatoms. The van der Waals surface area contributed by atoms with E-state index in [0.717, 1.165) is 11.3 Å². The number of carbonyl (C=O) groups excluding carboxylic acids is 2. The van der Waals surface area contributed by atoms with Gasteiger partial charge in [0.05, 0.1) is 6.61 Å². The molecule has 0 aliphatic rings. The molecule has 0 saturated heterocycles. The minimum Gasteiger partial charge on any atom is -0.462 e. The van der Waals surface area contributed by atoms with Crippen molar-refractivity contribution in [2.45, 2.75) is 6.92 Å². The van der Waals surface area contributed by atoms with Crippen LogP contribution >= 0.6 is 0 Å². The molecule has 1 aromatic rings. The molecule has 5 nitrogen and oxygen atoms in total. The number of benzene rings is 1. The quantitative estimate of drug-likeness (QED) is 0.364. The predicted molar refractivity (Wildman–Crippen MR) is 74.7 cm³/mol. The monoisotopic (exact) mass is 262 g/mol. The first-order valence-corrected chi connectivity index (χ1v) is 6.01. The third-order valence-corrected chi connectivity index (χ3v) is 2.45. The SMILES string of the molecule is CCOC(=O)/C(=C/c1cccc(NC)c1)C(=O)NC. The Morgan fingerprint density at radius 1 is 1.32 bits per heavy atom. The first-order chi connectivity index (χ1) is 9.12. The molecule has 19 heavy (non-hydrogen) atoms. The lowest BCUT2D eigenvalue weighted by molar-refractivity contribution is -0.140. The average molecular weight is 262 g/mol. The van der Waals surface area contributed by atoms with E-state index >= 15 is 0 Å². The molecule has 2 N–H and O–H groups in total. The first kappa shape index (κ1) is 14.8. The fourth-order valence-corrected chi connectivity index (χ4v) is 1.51. The van der Waals surface area contributed by atoms with Gasteiger partial charge in [0.1, 0.15) is 5.57 Å². The van der Waals surface area contributed by atoms with Crippen LogP contribution in [0, 0.1) is 0 Å². The molecule has 0 bridgehead atoms. The maximum absolute atomic E-state index is 11.7. The third kappa shape index (κ3) is 4.13. The van der Waals surface area contributed by atoms with E-state index in [9.17, 15) is 9.59 Å². The Morgan fingerprint density at radius 3 is 2.63 bits per heavy atom. The normalized spacial score (nSPS) is 10.8. The molecule has 0 unspecified atom stereocenters. The summed E-state index contributed by atoms with van der Waals surface area (Å²) in [5.74, 6) is -1.09. The minimum atomic E-state index is -0.628. The van der Waals surface area contributed by atoms with Gasteiger partial charge in [-0.2, -0.15) is 0 Å². The van der Waals surface area contributed by atoms with Crippen molar-refractivity contribution in [3.8, 4) is 0 Å². The predicted octanol–water partition coefficient (Wildman–Crippen LogP) is 1.42. The van der Waals surface area contributed by atoms with Gasteiger partial charge in [-0.25, -0.2) is 4.79 Å². The highest BCUT2D eigenvalue weighted by molar-refractivity contribution is 6.19. The van der Waals surface area contributed by atoms with Crippen molar-refractivity contribution in [3.63, 3.8) is 0 Å². The molecule has 0 aromatic heterocycles. The highest BCUT2D eigenvalue weighted by Crippen LogP contribution is 2.14. The second-order valence-electron chi connectivity index (χ2n) is 3.73. The topological polar surface area (TPSA) is 67.4 Å². The summed E-state index contributed by atoms with van der Waals surface area (Å²) in [5, 5.41) is 5.42. The second-order valence-corrected chi connectivity index (χ2v) is 3.73. The van der Waals surface area contributed by atoms with Crippen molar-refractivity contribution in [2.24, 2.45) is 0 Å². The number of likely N-dealkylation sites (N-methyl/N-ethyl adjacent to an activating group) is 1. The fraction of sp³-hybridized carbons (Fsp3) is 0.286. The van der Waals surface area contributed by atoms with Crippen LogP contribution in [0.1, 0.15) is 12.5 Å². The molecule has 1 aromatic carbocycles. The number of carbonyl (C=O) groups is 2. The Bertz CT molecular complexity index is 495. The van der Waals surface area contributed by atoms with E-state index in [1.165, 1.54) is 13.1 Å². The van der Waals surface area contributed by atoms with E-state index in [1.54, 1.807) is 14.0 Å². The van der Waals surface area contributed by atoms with Gasteiger partial charge in [-0.05, 0) is 30.7 Å². The van der Waals surface area contributed by atoms with Gasteiger partial charge in [0, 0.05) is 19.8 Å². The number of hydrogen-bond acceptors (Lipinski definition) is 4. The molecule has 0 heterocycles. The number of ether oxygens (including phenoxy) is 1. The lowest BCUT2D eigenvalue weighted by Crippen LogP contribution is -2.26. The van der Waals surface area contributed by atoms with Gasteiger partial charge in [-0.3, -0.25) is 4.79 Å². The zero-order chi connectivity index (χ0) is 14.3. The summed E-state index contributed by atoms with van der Waals surface area (Å²) >= 11 is 0. The van der Waals surface area contributed by atoms with E-state index in [4.69, 9.17) is 4.74 Å². The number of anilines is 1. The number of amides is 1. The van der Waals surface area contributed by atoms with E-state index < -0.39 is 11.9 Å². The molecule has 0 atom stereocenters. The smallest absolute Gasteiger partial charge is 0.343 e. The number of hydrogen-bond donors (Lipinski definition) is 2. The maximum Gasteiger partial charge on any atom is 0.343 e. The Hall–Kier alpha value is -2.30. The maximum atomic E-state index is 11.7. The fourth-order valence-electron chi connectivity index (χ4n) is 1.51. The number of nitrogens with one attached hydrogen (secondary N) is 2. The number of esters is 1. The van der Waals surface area contributed by atoms with Crippen LogP contribution in [0.5, 0.6) is 0 Å². The minimum absolute atomic E-state index is 0.0161. The van der Waals surface area contributed by atoms with Crippen LogP contribution in [0.25, 0.3) is 6.08 Å². The van der Waals surface area contributed by atoms with Crippen molar-refractivity contribution in [1.82, 2.24) is 5.32 Å². The van der Waals surface area contributed by atoms with E-state index in [0.29, 0.717) is 0 Å². The molecule has 0 spiro atoms. The summed E-state index contributed by atoms with van der Waals surface area (Å²) in [6.07, 6.45) is 1.51. The van der Waals surface area contributed by atoms with Crippen LogP contribution in [0.4, 0.5) is 5.69 Å². The molecule has 0 aliphatic heterocycles. The lowest BCUT2D eigenvalue weighted by Gasteiger charge is -2.06. The standard InChI is InChI=1S/C14H18N2O3/c1-4-19-14(18)12(13(17)16-3)9-10-6-5-7-11(8-10)15-2/h5-9,15H,4H2,1-3H3,(H,16,17)/b12-9+. The summed E-state index contributed by atoms with van der Waals surface area (Å²) in [7, 11) is 3.27. The summed E-state index contributed by atoms with van der Waals surface area (Å²) < 4.78 is 4.87.